The number of carboxylic acid groups (broad SMARTS) is 1. The number of aliphatic carboxylic acids is 1. The summed E-state index contributed by atoms with van der Waals surface area (Å²) in [7, 11) is 0. The van der Waals surface area contributed by atoms with E-state index in [0.717, 1.165) is 0 Å². The zero-order valence-corrected chi connectivity index (χ0v) is 18.2. The maximum atomic E-state index is 12.6. The van der Waals surface area contributed by atoms with E-state index in [1.165, 1.54) is 38.1 Å². The molecule has 0 aliphatic carbocycles. The molecule has 0 aromatic heterocycles. The molecule has 1 aromatic carbocycles. The number of benzene rings is 1. The molecule has 4 amide bonds. The number of aromatic hydroxyl groups is 1. The van der Waals surface area contributed by atoms with Crippen molar-refractivity contribution in [2.45, 2.75) is 44.5 Å². The summed E-state index contributed by atoms with van der Waals surface area (Å²) in [6.45, 7) is 1.83. The van der Waals surface area contributed by atoms with Gasteiger partial charge in [-0.2, -0.15) is 0 Å². The minimum Gasteiger partial charge on any atom is -0.508 e. The predicted octanol–water partition coefficient (Wildman–Crippen LogP) is -3.05. The lowest BCUT2D eigenvalue weighted by molar-refractivity contribution is -0.143. The Balaban J connectivity index is 2.74. The van der Waals surface area contributed by atoms with Gasteiger partial charge in [0, 0.05) is 6.42 Å². The third kappa shape index (κ3) is 9.53. The third-order valence-electron chi connectivity index (χ3n) is 4.46. The van der Waals surface area contributed by atoms with Gasteiger partial charge in [0.1, 0.15) is 23.9 Å². The molecular weight excluding hydrogens is 438 g/mol. The number of carbonyl (C=O) groups is 5. The van der Waals surface area contributed by atoms with Crippen LogP contribution < -0.4 is 27.0 Å². The Labute approximate surface area is 189 Å². The molecule has 0 heterocycles. The number of carboxylic acids is 1. The maximum Gasteiger partial charge on any atom is 0.326 e. The largest absolute Gasteiger partial charge is 0.508 e. The second-order valence-electron chi connectivity index (χ2n) is 7.27. The van der Waals surface area contributed by atoms with Gasteiger partial charge in [0.25, 0.3) is 0 Å². The Bertz CT molecular complexity index is 859. The first-order chi connectivity index (χ1) is 15.4. The van der Waals surface area contributed by atoms with Crippen LogP contribution in [0, 0.1) is 0 Å². The lowest BCUT2D eigenvalue weighted by Gasteiger charge is -2.25. The standard InChI is InChI=1S/C20H29N5O8/c1-10(23-16(29)9-22-15(28)8-21)18(30)25-17(11(2)26)19(31)24-14(20(32)33)7-12-3-5-13(27)6-4-12/h3-6,10-11,14,17,26-27H,7-9,21H2,1-2H3,(H,22,28)(H,23,29)(H,24,31)(H,25,30)(H,32,33)/t10-,11+,14-,17-/m0/s1. The number of phenols is 1. The van der Waals surface area contributed by atoms with Crippen LogP contribution in [0.2, 0.25) is 0 Å². The molecular formula is C20H29N5O8. The number of aliphatic hydroxyl groups excluding tert-OH is 1. The third-order valence-corrected chi connectivity index (χ3v) is 4.46. The van der Waals surface area contributed by atoms with Crippen molar-refractivity contribution in [1.29, 1.82) is 0 Å². The number of nitrogens with two attached hydrogens (primary N) is 1. The van der Waals surface area contributed by atoms with E-state index in [4.69, 9.17) is 5.73 Å². The lowest BCUT2D eigenvalue weighted by atomic mass is 10.0. The Hall–Kier alpha value is -3.71. The van der Waals surface area contributed by atoms with E-state index < -0.39 is 60.4 Å². The van der Waals surface area contributed by atoms with Crippen molar-refractivity contribution in [2.24, 2.45) is 5.73 Å². The van der Waals surface area contributed by atoms with Crippen molar-refractivity contribution in [1.82, 2.24) is 21.3 Å². The summed E-state index contributed by atoms with van der Waals surface area (Å²) in [5, 5.41) is 37.8. The molecule has 0 fully saturated rings. The van der Waals surface area contributed by atoms with Gasteiger partial charge in [-0.05, 0) is 31.5 Å². The summed E-state index contributed by atoms with van der Waals surface area (Å²) in [4.78, 5) is 59.4. The van der Waals surface area contributed by atoms with Gasteiger partial charge in [-0.25, -0.2) is 4.79 Å². The molecule has 0 unspecified atom stereocenters. The van der Waals surface area contributed by atoms with Crippen LogP contribution in [0.1, 0.15) is 19.4 Å². The lowest BCUT2D eigenvalue weighted by Crippen LogP contribution is -2.59. The second kappa shape index (κ2) is 13.0. The van der Waals surface area contributed by atoms with Crippen LogP contribution in [0.4, 0.5) is 0 Å². The second-order valence-corrected chi connectivity index (χ2v) is 7.27. The maximum absolute atomic E-state index is 12.6. The molecule has 13 heteroatoms. The van der Waals surface area contributed by atoms with Crippen LogP contribution in [0.5, 0.6) is 5.75 Å². The molecule has 33 heavy (non-hydrogen) atoms. The zero-order chi connectivity index (χ0) is 25.1. The first-order valence-corrected chi connectivity index (χ1v) is 10.00. The van der Waals surface area contributed by atoms with E-state index in [-0.39, 0.29) is 18.7 Å². The minimum absolute atomic E-state index is 0.00508. The highest BCUT2D eigenvalue weighted by Crippen LogP contribution is 2.11. The fraction of sp³-hybridized carbons (Fsp3) is 0.450. The predicted molar refractivity (Wildman–Crippen MR) is 115 cm³/mol. The molecule has 0 spiro atoms. The van der Waals surface area contributed by atoms with E-state index in [2.05, 4.69) is 21.3 Å². The van der Waals surface area contributed by atoms with Gasteiger partial charge in [0.2, 0.25) is 23.6 Å². The Morgan fingerprint density at radius 2 is 1.55 bits per heavy atom. The highest BCUT2D eigenvalue weighted by atomic mass is 16.4. The van der Waals surface area contributed by atoms with E-state index in [1.54, 1.807) is 0 Å². The van der Waals surface area contributed by atoms with Crippen LogP contribution in [0.15, 0.2) is 24.3 Å². The van der Waals surface area contributed by atoms with Gasteiger partial charge in [0.05, 0.1) is 19.2 Å². The monoisotopic (exact) mass is 467 g/mol. The smallest absolute Gasteiger partial charge is 0.326 e. The van der Waals surface area contributed by atoms with Crippen molar-refractivity contribution in [3.05, 3.63) is 29.8 Å². The van der Waals surface area contributed by atoms with E-state index in [0.29, 0.717) is 5.56 Å². The zero-order valence-electron chi connectivity index (χ0n) is 18.2. The van der Waals surface area contributed by atoms with Gasteiger partial charge in [-0.15, -0.1) is 0 Å². The molecule has 13 nitrogen and oxygen atoms in total. The molecule has 0 radical (unpaired) electrons. The molecule has 182 valence electrons. The summed E-state index contributed by atoms with van der Waals surface area (Å²) >= 11 is 0. The van der Waals surface area contributed by atoms with E-state index in [9.17, 15) is 39.3 Å². The number of carbonyl (C=O) groups excluding carboxylic acids is 4. The van der Waals surface area contributed by atoms with Crippen LogP contribution >= 0.6 is 0 Å². The SMILES string of the molecule is C[C@H](NC(=O)CNC(=O)CN)C(=O)N[C@H](C(=O)N[C@@H](Cc1ccc(O)cc1)C(=O)O)[C@@H](C)O. The van der Waals surface area contributed by atoms with Crippen molar-refractivity contribution < 1.29 is 39.3 Å². The normalized spacial score (nSPS) is 14.2. The van der Waals surface area contributed by atoms with Crippen molar-refractivity contribution in [3.8, 4) is 5.75 Å². The Morgan fingerprint density at radius 3 is 2.06 bits per heavy atom. The highest BCUT2D eigenvalue weighted by Gasteiger charge is 2.31. The highest BCUT2D eigenvalue weighted by molar-refractivity contribution is 5.94. The molecule has 0 saturated heterocycles. The summed E-state index contributed by atoms with van der Waals surface area (Å²) < 4.78 is 0. The Kier molecular flexibility index (Phi) is 10.7. The summed E-state index contributed by atoms with van der Waals surface area (Å²) in [5.74, 6) is -4.36. The van der Waals surface area contributed by atoms with Crippen LogP contribution in [0.25, 0.3) is 0 Å². The number of nitrogens with one attached hydrogen (secondary N) is 4. The average molecular weight is 467 g/mol. The van der Waals surface area contributed by atoms with Crippen LogP contribution in [-0.2, 0) is 30.4 Å². The fourth-order valence-corrected chi connectivity index (χ4v) is 2.62. The topological polar surface area (TPSA) is 220 Å². The first-order valence-electron chi connectivity index (χ1n) is 10.00. The van der Waals surface area contributed by atoms with Crippen molar-refractivity contribution in [2.75, 3.05) is 13.1 Å². The number of amides is 4. The van der Waals surface area contributed by atoms with Gasteiger partial charge >= 0.3 is 5.97 Å². The minimum atomic E-state index is -1.50. The van der Waals surface area contributed by atoms with Gasteiger partial charge in [-0.3, -0.25) is 19.2 Å². The number of phenolic OH excluding ortho intramolecular Hbond substituents is 1. The van der Waals surface area contributed by atoms with Crippen LogP contribution in [0.3, 0.4) is 0 Å². The van der Waals surface area contributed by atoms with Gasteiger partial charge in [-0.1, -0.05) is 12.1 Å². The first kappa shape index (κ1) is 27.3. The van der Waals surface area contributed by atoms with Crippen molar-refractivity contribution >= 4 is 29.6 Å². The fourth-order valence-electron chi connectivity index (χ4n) is 2.62. The quantitative estimate of drug-likeness (QED) is 0.156. The molecule has 4 atom stereocenters. The van der Waals surface area contributed by atoms with Gasteiger partial charge < -0.3 is 42.3 Å². The summed E-state index contributed by atoms with van der Waals surface area (Å²) in [6.07, 6.45) is -1.49. The number of rotatable bonds is 12. The number of aliphatic hydroxyl groups is 1. The summed E-state index contributed by atoms with van der Waals surface area (Å²) in [5.41, 5.74) is 5.63. The van der Waals surface area contributed by atoms with E-state index in [1.807, 2.05) is 0 Å². The number of hydrogen-bond donors (Lipinski definition) is 8. The Morgan fingerprint density at radius 1 is 0.939 bits per heavy atom. The van der Waals surface area contributed by atoms with Gasteiger partial charge in [0.15, 0.2) is 0 Å². The molecule has 1 rings (SSSR count). The van der Waals surface area contributed by atoms with Crippen molar-refractivity contribution in [3.63, 3.8) is 0 Å². The average Bonchev–Trinajstić information content (AvgIpc) is 2.75. The molecule has 0 aliphatic heterocycles. The molecule has 1 aromatic rings. The van der Waals surface area contributed by atoms with Crippen LogP contribution in [-0.4, -0.2) is 82.2 Å². The molecule has 0 bridgehead atoms. The molecule has 0 aliphatic rings. The van der Waals surface area contributed by atoms with E-state index >= 15 is 0 Å². The summed E-state index contributed by atoms with van der Waals surface area (Å²) in [6, 6.07) is 1.71. The molecule has 9 N–H and O–H groups in total. The number of hydrogen-bond acceptors (Lipinski definition) is 8. The molecule has 0 saturated carbocycles.